The van der Waals surface area contributed by atoms with E-state index in [0.717, 1.165) is 0 Å². The molecule has 0 fully saturated rings. The van der Waals surface area contributed by atoms with Crippen molar-refractivity contribution in [2.75, 3.05) is 6.61 Å². The Morgan fingerprint density at radius 3 is 2.47 bits per heavy atom. The SMILES string of the molecule is C=CCCC(=O)OC(C)(C)C(=O)OCC. The highest BCUT2D eigenvalue weighted by molar-refractivity contribution is 5.82. The first-order valence-electron chi connectivity index (χ1n) is 4.94. The summed E-state index contributed by atoms with van der Waals surface area (Å²) < 4.78 is 9.77. The lowest BCUT2D eigenvalue weighted by molar-refractivity contribution is -0.178. The van der Waals surface area contributed by atoms with Gasteiger partial charge in [-0.25, -0.2) is 4.79 Å². The minimum absolute atomic E-state index is 0.229. The molecule has 4 heteroatoms. The van der Waals surface area contributed by atoms with Crippen molar-refractivity contribution in [1.29, 1.82) is 0 Å². The minimum atomic E-state index is -1.21. The Hall–Kier alpha value is -1.32. The number of hydrogen-bond acceptors (Lipinski definition) is 4. The van der Waals surface area contributed by atoms with Crippen molar-refractivity contribution in [1.82, 2.24) is 0 Å². The molecule has 4 nitrogen and oxygen atoms in total. The van der Waals surface area contributed by atoms with Crippen LogP contribution in [0.2, 0.25) is 0 Å². The summed E-state index contributed by atoms with van der Waals surface area (Å²) in [7, 11) is 0. The Morgan fingerprint density at radius 1 is 1.40 bits per heavy atom. The van der Waals surface area contributed by atoms with E-state index in [2.05, 4.69) is 6.58 Å². The summed E-state index contributed by atoms with van der Waals surface area (Å²) >= 11 is 0. The fourth-order valence-corrected chi connectivity index (χ4v) is 0.902. The zero-order valence-corrected chi connectivity index (χ0v) is 9.54. The fraction of sp³-hybridized carbons (Fsp3) is 0.636. The highest BCUT2D eigenvalue weighted by Gasteiger charge is 2.33. The average molecular weight is 214 g/mol. The van der Waals surface area contributed by atoms with Crippen LogP contribution < -0.4 is 0 Å². The molecule has 86 valence electrons. The second-order valence-corrected chi connectivity index (χ2v) is 3.53. The number of rotatable bonds is 6. The van der Waals surface area contributed by atoms with E-state index < -0.39 is 17.5 Å². The van der Waals surface area contributed by atoms with Gasteiger partial charge in [-0.15, -0.1) is 6.58 Å². The number of allylic oxidation sites excluding steroid dienone is 1. The second-order valence-electron chi connectivity index (χ2n) is 3.53. The van der Waals surface area contributed by atoms with E-state index in [1.54, 1.807) is 13.0 Å². The Bertz CT molecular complexity index is 243. The smallest absolute Gasteiger partial charge is 0.349 e. The summed E-state index contributed by atoms with van der Waals surface area (Å²) in [4.78, 5) is 22.6. The molecule has 0 bridgehead atoms. The molecule has 0 radical (unpaired) electrons. The summed E-state index contributed by atoms with van der Waals surface area (Å²) in [5.74, 6) is -0.954. The van der Waals surface area contributed by atoms with Crippen molar-refractivity contribution >= 4 is 11.9 Å². The van der Waals surface area contributed by atoms with Crippen LogP contribution in [0, 0.1) is 0 Å². The normalized spacial score (nSPS) is 10.6. The van der Waals surface area contributed by atoms with Gasteiger partial charge in [-0.05, 0) is 27.2 Å². The van der Waals surface area contributed by atoms with Gasteiger partial charge in [-0.1, -0.05) is 6.08 Å². The van der Waals surface area contributed by atoms with Crippen LogP contribution in [0.1, 0.15) is 33.6 Å². The van der Waals surface area contributed by atoms with E-state index in [0.29, 0.717) is 6.42 Å². The Balaban J connectivity index is 4.17. The molecule has 0 rings (SSSR count). The predicted molar refractivity (Wildman–Crippen MR) is 56.2 cm³/mol. The van der Waals surface area contributed by atoms with Gasteiger partial charge in [0.05, 0.1) is 6.61 Å². The van der Waals surface area contributed by atoms with E-state index in [1.165, 1.54) is 13.8 Å². The Labute approximate surface area is 90.2 Å². The van der Waals surface area contributed by atoms with E-state index in [9.17, 15) is 9.59 Å². The maximum Gasteiger partial charge on any atom is 0.349 e. The molecule has 0 aromatic rings. The van der Waals surface area contributed by atoms with Crippen molar-refractivity contribution in [3.63, 3.8) is 0 Å². The van der Waals surface area contributed by atoms with Crippen LogP contribution in [0.3, 0.4) is 0 Å². The molecule has 0 amide bonds. The topological polar surface area (TPSA) is 52.6 Å². The van der Waals surface area contributed by atoms with Crippen molar-refractivity contribution < 1.29 is 19.1 Å². The highest BCUT2D eigenvalue weighted by atomic mass is 16.6. The number of carbonyl (C=O) groups is 2. The molecule has 0 aliphatic heterocycles. The minimum Gasteiger partial charge on any atom is -0.463 e. The molecule has 0 saturated heterocycles. The largest absolute Gasteiger partial charge is 0.463 e. The molecular formula is C11H18O4. The quantitative estimate of drug-likeness (QED) is 0.500. The first kappa shape index (κ1) is 13.7. The lowest BCUT2D eigenvalue weighted by Crippen LogP contribution is -2.38. The molecule has 0 aliphatic carbocycles. The van der Waals surface area contributed by atoms with Gasteiger partial charge in [0, 0.05) is 6.42 Å². The lowest BCUT2D eigenvalue weighted by Gasteiger charge is -2.22. The summed E-state index contributed by atoms with van der Waals surface area (Å²) in [6.07, 6.45) is 2.39. The van der Waals surface area contributed by atoms with Gasteiger partial charge in [0.25, 0.3) is 0 Å². The van der Waals surface area contributed by atoms with Gasteiger partial charge in [0.1, 0.15) is 0 Å². The van der Waals surface area contributed by atoms with Gasteiger partial charge in [0.15, 0.2) is 0 Å². The predicted octanol–water partition coefficient (Wildman–Crippen LogP) is 1.84. The van der Waals surface area contributed by atoms with Crippen molar-refractivity contribution in [3.05, 3.63) is 12.7 Å². The molecule has 15 heavy (non-hydrogen) atoms. The maximum absolute atomic E-state index is 11.4. The van der Waals surface area contributed by atoms with Gasteiger partial charge in [-0.3, -0.25) is 4.79 Å². The molecule has 0 saturated carbocycles. The van der Waals surface area contributed by atoms with Crippen LogP contribution in [0.4, 0.5) is 0 Å². The number of carbonyl (C=O) groups excluding carboxylic acids is 2. The molecule has 0 heterocycles. The number of ether oxygens (including phenoxy) is 2. The zero-order valence-electron chi connectivity index (χ0n) is 9.54. The van der Waals surface area contributed by atoms with E-state index in [4.69, 9.17) is 9.47 Å². The van der Waals surface area contributed by atoms with Crippen LogP contribution >= 0.6 is 0 Å². The van der Waals surface area contributed by atoms with E-state index >= 15 is 0 Å². The third kappa shape index (κ3) is 5.20. The molecule has 0 aliphatic rings. The Kier molecular flexibility index (Phi) is 5.67. The van der Waals surface area contributed by atoms with Gasteiger partial charge >= 0.3 is 11.9 Å². The van der Waals surface area contributed by atoms with Crippen molar-refractivity contribution in [2.24, 2.45) is 0 Å². The monoisotopic (exact) mass is 214 g/mol. The molecule has 0 N–H and O–H groups in total. The summed E-state index contributed by atoms with van der Waals surface area (Å²) in [5, 5.41) is 0. The van der Waals surface area contributed by atoms with Gasteiger partial charge in [-0.2, -0.15) is 0 Å². The summed E-state index contributed by atoms with van der Waals surface area (Å²) in [6, 6.07) is 0. The zero-order chi connectivity index (χ0) is 11.9. The molecule has 0 aromatic carbocycles. The first-order valence-corrected chi connectivity index (χ1v) is 4.94. The van der Waals surface area contributed by atoms with Crippen LogP contribution in [0.25, 0.3) is 0 Å². The standard InChI is InChI=1S/C11H18O4/c1-5-7-8-9(12)15-11(3,4)10(13)14-6-2/h5H,1,6-8H2,2-4H3. The highest BCUT2D eigenvalue weighted by Crippen LogP contribution is 2.13. The Morgan fingerprint density at radius 2 is 2.00 bits per heavy atom. The lowest BCUT2D eigenvalue weighted by atomic mass is 10.1. The molecule has 0 atom stereocenters. The van der Waals surface area contributed by atoms with Gasteiger partial charge < -0.3 is 9.47 Å². The number of esters is 2. The summed E-state index contributed by atoms with van der Waals surface area (Å²) in [6.45, 7) is 8.49. The molecule has 0 unspecified atom stereocenters. The molecule has 0 aromatic heterocycles. The van der Waals surface area contributed by atoms with Crippen LogP contribution in [0.5, 0.6) is 0 Å². The molecular weight excluding hydrogens is 196 g/mol. The second kappa shape index (κ2) is 6.22. The van der Waals surface area contributed by atoms with E-state index in [-0.39, 0.29) is 13.0 Å². The van der Waals surface area contributed by atoms with E-state index in [1.807, 2.05) is 0 Å². The van der Waals surface area contributed by atoms with Crippen LogP contribution in [-0.4, -0.2) is 24.1 Å². The maximum atomic E-state index is 11.4. The third-order valence-corrected chi connectivity index (χ3v) is 1.69. The first-order chi connectivity index (χ1) is 6.94. The average Bonchev–Trinajstić information content (AvgIpc) is 2.14. The fourth-order valence-electron chi connectivity index (χ4n) is 0.902. The third-order valence-electron chi connectivity index (χ3n) is 1.69. The van der Waals surface area contributed by atoms with Crippen molar-refractivity contribution in [3.8, 4) is 0 Å². The van der Waals surface area contributed by atoms with Crippen LogP contribution in [-0.2, 0) is 19.1 Å². The number of hydrogen-bond donors (Lipinski definition) is 0. The molecule has 0 spiro atoms. The van der Waals surface area contributed by atoms with Gasteiger partial charge in [0.2, 0.25) is 5.60 Å². The van der Waals surface area contributed by atoms with Crippen molar-refractivity contribution in [2.45, 2.75) is 39.2 Å². The summed E-state index contributed by atoms with van der Waals surface area (Å²) in [5.41, 5.74) is -1.21. The van der Waals surface area contributed by atoms with Crippen LogP contribution in [0.15, 0.2) is 12.7 Å².